The van der Waals surface area contributed by atoms with E-state index in [2.05, 4.69) is 24.1 Å². The number of pyridine rings is 1. The summed E-state index contributed by atoms with van der Waals surface area (Å²) in [6.45, 7) is 5.07. The normalized spacial score (nSPS) is 11.9. The van der Waals surface area contributed by atoms with E-state index >= 15 is 0 Å². The monoisotopic (exact) mass is 272 g/mol. The van der Waals surface area contributed by atoms with Crippen LogP contribution >= 0.6 is 0 Å². The molecular weight excluding hydrogens is 252 g/mol. The lowest BCUT2D eigenvalue weighted by atomic mass is 10.1. The van der Waals surface area contributed by atoms with E-state index in [1.54, 1.807) is 13.3 Å². The molecule has 2 aromatic rings. The number of benzene rings is 1. The van der Waals surface area contributed by atoms with Crippen molar-refractivity contribution in [2.75, 3.05) is 13.7 Å². The highest BCUT2D eigenvalue weighted by Gasteiger charge is 2.12. The summed E-state index contributed by atoms with van der Waals surface area (Å²) in [5.74, 6) is 2.10. The third-order valence-electron chi connectivity index (χ3n) is 3.03. The summed E-state index contributed by atoms with van der Waals surface area (Å²) in [5.41, 5.74) is 1.04. The van der Waals surface area contributed by atoms with Crippen molar-refractivity contribution < 1.29 is 9.47 Å². The highest BCUT2D eigenvalue weighted by atomic mass is 16.5. The maximum atomic E-state index is 5.89. The summed E-state index contributed by atoms with van der Waals surface area (Å²) < 4.78 is 11.1. The summed E-state index contributed by atoms with van der Waals surface area (Å²) in [6.07, 6.45) is 1.73. The van der Waals surface area contributed by atoms with Crippen molar-refractivity contribution in [3.63, 3.8) is 0 Å². The van der Waals surface area contributed by atoms with Gasteiger partial charge in [-0.2, -0.15) is 0 Å². The van der Waals surface area contributed by atoms with Gasteiger partial charge in [0.25, 0.3) is 0 Å². The molecule has 1 aromatic heterocycles. The molecule has 4 heteroatoms. The van der Waals surface area contributed by atoms with Crippen LogP contribution in [0.5, 0.6) is 17.4 Å². The van der Waals surface area contributed by atoms with E-state index in [1.807, 2.05) is 36.4 Å². The zero-order valence-corrected chi connectivity index (χ0v) is 12.1. The van der Waals surface area contributed by atoms with E-state index in [1.165, 1.54) is 0 Å². The van der Waals surface area contributed by atoms with E-state index < -0.39 is 0 Å². The molecule has 0 aliphatic rings. The van der Waals surface area contributed by atoms with E-state index in [0.717, 1.165) is 17.9 Å². The Kier molecular flexibility index (Phi) is 4.96. The summed E-state index contributed by atoms with van der Waals surface area (Å²) in [7, 11) is 1.64. The minimum absolute atomic E-state index is 0.189. The van der Waals surface area contributed by atoms with Gasteiger partial charge in [0, 0.05) is 23.9 Å². The predicted molar refractivity (Wildman–Crippen MR) is 79.4 cm³/mol. The van der Waals surface area contributed by atoms with Gasteiger partial charge in [0.15, 0.2) is 0 Å². The van der Waals surface area contributed by atoms with Gasteiger partial charge in [-0.25, -0.2) is 4.98 Å². The second-order valence-corrected chi connectivity index (χ2v) is 4.46. The number of rotatable bonds is 6. The fraction of sp³-hybridized carbons (Fsp3) is 0.312. The molecule has 0 amide bonds. The van der Waals surface area contributed by atoms with Gasteiger partial charge >= 0.3 is 0 Å². The molecule has 1 heterocycles. The number of ether oxygens (including phenoxy) is 2. The number of hydrogen-bond acceptors (Lipinski definition) is 4. The predicted octanol–water partition coefficient (Wildman–Crippen LogP) is 3.55. The highest BCUT2D eigenvalue weighted by molar-refractivity contribution is 5.38. The molecular formula is C16H20N2O2. The third kappa shape index (κ3) is 3.48. The fourth-order valence-electron chi connectivity index (χ4n) is 2.01. The van der Waals surface area contributed by atoms with Crippen molar-refractivity contribution in [1.82, 2.24) is 10.3 Å². The molecule has 0 bridgehead atoms. The van der Waals surface area contributed by atoms with Crippen LogP contribution < -0.4 is 14.8 Å². The van der Waals surface area contributed by atoms with Crippen molar-refractivity contribution in [2.45, 2.75) is 19.9 Å². The second kappa shape index (κ2) is 6.91. The summed E-state index contributed by atoms with van der Waals surface area (Å²) >= 11 is 0. The first kappa shape index (κ1) is 14.3. The lowest BCUT2D eigenvalue weighted by Gasteiger charge is -2.16. The molecule has 2 rings (SSSR count). The molecule has 1 N–H and O–H groups in total. The van der Waals surface area contributed by atoms with Gasteiger partial charge in [0.1, 0.15) is 11.5 Å². The Labute approximate surface area is 119 Å². The van der Waals surface area contributed by atoms with E-state index in [0.29, 0.717) is 11.6 Å². The molecule has 0 saturated heterocycles. The first-order valence-corrected chi connectivity index (χ1v) is 6.74. The third-order valence-corrected chi connectivity index (χ3v) is 3.03. The molecule has 1 unspecified atom stereocenters. The molecule has 0 fully saturated rings. The zero-order chi connectivity index (χ0) is 14.4. The zero-order valence-electron chi connectivity index (χ0n) is 12.1. The minimum Gasteiger partial charge on any atom is -0.497 e. The van der Waals surface area contributed by atoms with Crippen LogP contribution in [0, 0.1) is 0 Å². The Morgan fingerprint density at radius 1 is 1.20 bits per heavy atom. The first-order valence-electron chi connectivity index (χ1n) is 6.74. The molecule has 1 atom stereocenters. The largest absolute Gasteiger partial charge is 0.497 e. The van der Waals surface area contributed by atoms with Crippen LogP contribution in [-0.4, -0.2) is 18.6 Å². The Morgan fingerprint density at radius 3 is 2.75 bits per heavy atom. The fourth-order valence-corrected chi connectivity index (χ4v) is 2.01. The maximum absolute atomic E-state index is 5.89. The Bertz CT molecular complexity index is 558. The summed E-state index contributed by atoms with van der Waals surface area (Å²) in [6, 6.07) is 11.6. The van der Waals surface area contributed by atoms with Crippen molar-refractivity contribution in [1.29, 1.82) is 0 Å². The van der Waals surface area contributed by atoms with Gasteiger partial charge in [-0.1, -0.05) is 19.1 Å². The standard InChI is InChI=1S/C16H20N2O2/c1-4-17-12(2)15-9-6-10-18-16(15)20-14-8-5-7-13(11-14)19-3/h5-12,17H,4H2,1-3H3. The van der Waals surface area contributed by atoms with Crippen LogP contribution in [0.25, 0.3) is 0 Å². The Balaban J connectivity index is 2.24. The molecule has 106 valence electrons. The van der Waals surface area contributed by atoms with Crippen LogP contribution in [0.15, 0.2) is 42.6 Å². The number of methoxy groups -OCH3 is 1. The van der Waals surface area contributed by atoms with Crippen LogP contribution in [-0.2, 0) is 0 Å². The Morgan fingerprint density at radius 2 is 2.00 bits per heavy atom. The van der Waals surface area contributed by atoms with Gasteiger partial charge in [0.05, 0.1) is 7.11 Å². The van der Waals surface area contributed by atoms with Gasteiger partial charge in [-0.3, -0.25) is 0 Å². The highest BCUT2D eigenvalue weighted by Crippen LogP contribution is 2.29. The average Bonchev–Trinajstić information content (AvgIpc) is 2.48. The average molecular weight is 272 g/mol. The SMILES string of the molecule is CCNC(C)c1cccnc1Oc1cccc(OC)c1. The van der Waals surface area contributed by atoms with E-state index in [9.17, 15) is 0 Å². The lowest BCUT2D eigenvalue weighted by Crippen LogP contribution is -2.18. The number of nitrogens with zero attached hydrogens (tertiary/aromatic N) is 1. The second-order valence-electron chi connectivity index (χ2n) is 4.46. The molecule has 20 heavy (non-hydrogen) atoms. The van der Waals surface area contributed by atoms with Gasteiger partial charge in [-0.05, 0) is 31.7 Å². The van der Waals surface area contributed by atoms with Crippen LogP contribution in [0.2, 0.25) is 0 Å². The van der Waals surface area contributed by atoms with Crippen LogP contribution in [0.1, 0.15) is 25.5 Å². The summed E-state index contributed by atoms with van der Waals surface area (Å²) in [4.78, 5) is 4.33. The van der Waals surface area contributed by atoms with Crippen molar-refractivity contribution in [3.8, 4) is 17.4 Å². The first-order chi connectivity index (χ1) is 9.74. The van der Waals surface area contributed by atoms with Crippen LogP contribution in [0.4, 0.5) is 0 Å². The lowest BCUT2D eigenvalue weighted by molar-refractivity contribution is 0.405. The van der Waals surface area contributed by atoms with Crippen molar-refractivity contribution in [3.05, 3.63) is 48.2 Å². The number of hydrogen-bond donors (Lipinski definition) is 1. The molecule has 4 nitrogen and oxygen atoms in total. The molecule has 0 saturated carbocycles. The van der Waals surface area contributed by atoms with Gasteiger partial charge < -0.3 is 14.8 Å². The van der Waals surface area contributed by atoms with Crippen LogP contribution in [0.3, 0.4) is 0 Å². The number of aromatic nitrogens is 1. The van der Waals surface area contributed by atoms with Gasteiger partial charge in [0.2, 0.25) is 5.88 Å². The topological polar surface area (TPSA) is 43.4 Å². The Hall–Kier alpha value is -2.07. The van der Waals surface area contributed by atoms with Gasteiger partial charge in [-0.15, -0.1) is 0 Å². The van der Waals surface area contributed by atoms with Crippen molar-refractivity contribution >= 4 is 0 Å². The molecule has 0 radical (unpaired) electrons. The molecule has 0 spiro atoms. The minimum atomic E-state index is 0.189. The smallest absolute Gasteiger partial charge is 0.223 e. The summed E-state index contributed by atoms with van der Waals surface area (Å²) in [5, 5.41) is 3.37. The maximum Gasteiger partial charge on any atom is 0.223 e. The molecule has 0 aliphatic heterocycles. The molecule has 0 aliphatic carbocycles. The quantitative estimate of drug-likeness (QED) is 0.873. The van der Waals surface area contributed by atoms with E-state index in [-0.39, 0.29) is 6.04 Å². The van der Waals surface area contributed by atoms with Crippen molar-refractivity contribution in [2.24, 2.45) is 0 Å². The number of nitrogens with one attached hydrogen (secondary N) is 1. The van der Waals surface area contributed by atoms with E-state index in [4.69, 9.17) is 9.47 Å². The molecule has 1 aromatic carbocycles.